The van der Waals surface area contributed by atoms with E-state index in [1.807, 2.05) is 0 Å². The van der Waals surface area contributed by atoms with Crippen molar-refractivity contribution in [3.8, 4) is 0 Å². The van der Waals surface area contributed by atoms with E-state index >= 15 is 0 Å². The van der Waals surface area contributed by atoms with Crippen LogP contribution in [0.2, 0.25) is 0 Å². The van der Waals surface area contributed by atoms with Crippen LogP contribution in [-0.2, 0) is 14.4 Å². The van der Waals surface area contributed by atoms with E-state index in [1.165, 1.54) is 6.92 Å². The largest absolute Gasteiger partial charge is 0.481 e. The second-order valence-corrected chi connectivity index (χ2v) is 4.98. The fourth-order valence-corrected chi connectivity index (χ4v) is 2.77. The Morgan fingerprint density at radius 1 is 1.17 bits per heavy atom. The fraction of sp³-hybridized carbons (Fsp3) is 0.750. The number of nitrogens with zero attached hydrogens (tertiary/aromatic N) is 2. The summed E-state index contributed by atoms with van der Waals surface area (Å²) in [5.74, 6) is -1.48. The van der Waals surface area contributed by atoms with E-state index in [2.05, 4.69) is 0 Å². The molecule has 2 atom stereocenters. The zero-order valence-electron chi connectivity index (χ0n) is 10.5. The summed E-state index contributed by atoms with van der Waals surface area (Å²) < 4.78 is 0. The molecule has 18 heavy (non-hydrogen) atoms. The van der Waals surface area contributed by atoms with E-state index in [0.717, 1.165) is 6.42 Å². The van der Waals surface area contributed by atoms with Gasteiger partial charge < -0.3 is 14.9 Å². The first-order valence-corrected chi connectivity index (χ1v) is 6.29. The van der Waals surface area contributed by atoms with E-state index in [1.54, 1.807) is 9.80 Å². The van der Waals surface area contributed by atoms with Crippen LogP contribution >= 0.6 is 0 Å². The number of carbonyl (C=O) groups is 3. The molecule has 2 heterocycles. The summed E-state index contributed by atoms with van der Waals surface area (Å²) >= 11 is 0. The summed E-state index contributed by atoms with van der Waals surface area (Å²) in [6.45, 7) is 2.85. The van der Waals surface area contributed by atoms with Gasteiger partial charge in [0.25, 0.3) is 0 Å². The zero-order valence-corrected chi connectivity index (χ0v) is 10.5. The lowest BCUT2D eigenvalue weighted by Gasteiger charge is -2.26. The number of likely N-dealkylation sites (tertiary alicyclic amines) is 2. The second kappa shape index (κ2) is 4.96. The van der Waals surface area contributed by atoms with Gasteiger partial charge in [-0.15, -0.1) is 0 Å². The Kier molecular flexibility index (Phi) is 3.54. The summed E-state index contributed by atoms with van der Waals surface area (Å²) in [5, 5.41) is 8.92. The molecule has 2 rings (SSSR count). The van der Waals surface area contributed by atoms with Gasteiger partial charge in [-0.1, -0.05) is 0 Å². The first-order valence-electron chi connectivity index (χ1n) is 6.29. The van der Waals surface area contributed by atoms with Gasteiger partial charge in [0.05, 0.1) is 5.92 Å². The highest BCUT2D eigenvalue weighted by Crippen LogP contribution is 2.23. The van der Waals surface area contributed by atoms with E-state index < -0.39 is 11.9 Å². The molecule has 1 N–H and O–H groups in total. The quantitative estimate of drug-likeness (QED) is 0.748. The minimum Gasteiger partial charge on any atom is -0.481 e. The molecular weight excluding hydrogens is 236 g/mol. The third-order valence-electron chi connectivity index (χ3n) is 3.79. The topological polar surface area (TPSA) is 77.9 Å². The molecule has 0 spiro atoms. The van der Waals surface area contributed by atoms with Crippen molar-refractivity contribution in [3.63, 3.8) is 0 Å². The van der Waals surface area contributed by atoms with E-state index in [-0.39, 0.29) is 24.4 Å². The summed E-state index contributed by atoms with van der Waals surface area (Å²) in [6, 6.07) is -0.380. The average Bonchev–Trinajstić information content (AvgIpc) is 2.97. The van der Waals surface area contributed by atoms with Crippen molar-refractivity contribution in [3.05, 3.63) is 0 Å². The molecule has 2 unspecified atom stereocenters. The van der Waals surface area contributed by atoms with Crippen LogP contribution in [0.5, 0.6) is 0 Å². The van der Waals surface area contributed by atoms with E-state index in [9.17, 15) is 14.4 Å². The lowest BCUT2D eigenvalue weighted by atomic mass is 10.1. The number of carbonyl (C=O) groups excluding carboxylic acids is 2. The minimum absolute atomic E-state index is 0.0835. The van der Waals surface area contributed by atoms with Gasteiger partial charge in [0.15, 0.2) is 0 Å². The Balaban J connectivity index is 2.00. The Morgan fingerprint density at radius 3 is 2.44 bits per heavy atom. The number of rotatable bonds is 2. The van der Waals surface area contributed by atoms with Gasteiger partial charge in [-0.3, -0.25) is 14.4 Å². The lowest BCUT2D eigenvalue weighted by molar-refractivity contribution is -0.144. The third-order valence-corrected chi connectivity index (χ3v) is 3.79. The van der Waals surface area contributed by atoms with Crippen molar-refractivity contribution in [1.29, 1.82) is 0 Å². The zero-order chi connectivity index (χ0) is 13.3. The number of aliphatic carboxylic acids is 1. The Bertz CT molecular complexity index is 382. The molecule has 0 aromatic heterocycles. The molecule has 0 saturated carbocycles. The van der Waals surface area contributed by atoms with Crippen molar-refractivity contribution in [1.82, 2.24) is 9.80 Å². The molecular formula is C12H18N2O4. The van der Waals surface area contributed by atoms with Gasteiger partial charge in [-0.05, 0) is 19.3 Å². The first kappa shape index (κ1) is 12.9. The average molecular weight is 254 g/mol. The number of carboxylic acid groups (broad SMARTS) is 1. The molecule has 0 aliphatic carbocycles. The Labute approximate surface area is 106 Å². The smallest absolute Gasteiger partial charge is 0.308 e. The number of carboxylic acids is 1. The Morgan fingerprint density at radius 2 is 1.89 bits per heavy atom. The third kappa shape index (κ3) is 2.32. The van der Waals surface area contributed by atoms with Gasteiger partial charge in [-0.25, -0.2) is 0 Å². The van der Waals surface area contributed by atoms with Crippen LogP contribution in [0, 0.1) is 5.92 Å². The number of hydrogen-bond donors (Lipinski definition) is 1. The molecule has 2 saturated heterocycles. The molecule has 100 valence electrons. The molecule has 2 fully saturated rings. The van der Waals surface area contributed by atoms with Crippen molar-refractivity contribution in [2.75, 3.05) is 19.6 Å². The lowest BCUT2D eigenvalue weighted by Crippen LogP contribution is -2.46. The minimum atomic E-state index is -0.847. The predicted molar refractivity (Wildman–Crippen MR) is 62.7 cm³/mol. The van der Waals surface area contributed by atoms with Gasteiger partial charge in [-0.2, -0.15) is 0 Å². The monoisotopic (exact) mass is 254 g/mol. The molecule has 2 aliphatic heterocycles. The molecule has 6 nitrogen and oxygen atoms in total. The van der Waals surface area contributed by atoms with Crippen LogP contribution in [0.1, 0.15) is 26.2 Å². The summed E-state index contributed by atoms with van der Waals surface area (Å²) in [6.07, 6.45) is 2.03. The normalized spacial score (nSPS) is 27.6. The highest BCUT2D eigenvalue weighted by molar-refractivity contribution is 5.88. The standard InChI is InChI=1S/C12H18N2O4/c1-8(15)14-5-2-3-10(14)11(16)13-6-4-9(7-13)12(17)18/h9-10H,2-7H2,1H3,(H,17,18). The first-order chi connectivity index (χ1) is 8.50. The van der Waals surface area contributed by atoms with Crippen molar-refractivity contribution in [2.45, 2.75) is 32.2 Å². The molecule has 0 radical (unpaired) electrons. The van der Waals surface area contributed by atoms with Crippen molar-refractivity contribution in [2.24, 2.45) is 5.92 Å². The molecule has 0 bridgehead atoms. The maximum atomic E-state index is 12.3. The Hall–Kier alpha value is -1.59. The van der Waals surface area contributed by atoms with E-state index in [0.29, 0.717) is 25.9 Å². The number of amides is 2. The highest BCUT2D eigenvalue weighted by atomic mass is 16.4. The van der Waals surface area contributed by atoms with Gasteiger partial charge in [0, 0.05) is 26.6 Å². The van der Waals surface area contributed by atoms with Crippen LogP contribution in [0.4, 0.5) is 0 Å². The molecule has 0 aromatic rings. The van der Waals surface area contributed by atoms with E-state index in [4.69, 9.17) is 5.11 Å². The van der Waals surface area contributed by atoms with Gasteiger partial charge in [0.2, 0.25) is 11.8 Å². The SMILES string of the molecule is CC(=O)N1CCCC1C(=O)N1CCC(C(=O)O)C1. The van der Waals surface area contributed by atoms with Crippen LogP contribution in [0.25, 0.3) is 0 Å². The fourth-order valence-electron chi connectivity index (χ4n) is 2.77. The summed E-state index contributed by atoms with van der Waals surface area (Å²) in [4.78, 5) is 37.7. The van der Waals surface area contributed by atoms with Crippen molar-refractivity contribution >= 4 is 17.8 Å². The molecule has 0 aromatic carbocycles. The van der Waals surface area contributed by atoms with Crippen molar-refractivity contribution < 1.29 is 19.5 Å². The van der Waals surface area contributed by atoms with Crippen LogP contribution in [0.15, 0.2) is 0 Å². The molecule has 2 aliphatic rings. The molecule has 6 heteroatoms. The van der Waals surface area contributed by atoms with Crippen LogP contribution in [-0.4, -0.2) is 58.4 Å². The van der Waals surface area contributed by atoms with Gasteiger partial charge >= 0.3 is 5.97 Å². The number of hydrogen-bond acceptors (Lipinski definition) is 3. The second-order valence-electron chi connectivity index (χ2n) is 4.98. The van der Waals surface area contributed by atoms with Gasteiger partial charge in [0.1, 0.15) is 6.04 Å². The summed E-state index contributed by atoms with van der Waals surface area (Å²) in [7, 11) is 0. The predicted octanol–water partition coefficient (Wildman–Crippen LogP) is -0.0696. The highest BCUT2D eigenvalue weighted by Gasteiger charge is 2.38. The summed E-state index contributed by atoms with van der Waals surface area (Å²) in [5.41, 5.74) is 0. The maximum Gasteiger partial charge on any atom is 0.308 e. The maximum absolute atomic E-state index is 12.3. The molecule has 2 amide bonds. The van der Waals surface area contributed by atoms with Crippen LogP contribution < -0.4 is 0 Å². The van der Waals surface area contributed by atoms with Crippen LogP contribution in [0.3, 0.4) is 0 Å².